The lowest BCUT2D eigenvalue weighted by Crippen LogP contribution is -2.40. The Kier molecular flexibility index (Phi) is 5.58. The predicted molar refractivity (Wildman–Crippen MR) is 84.8 cm³/mol. The lowest BCUT2D eigenvalue weighted by molar-refractivity contribution is 0.315. The van der Waals surface area contributed by atoms with E-state index in [-0.39, 0.29) is 6.04 Å². The monoisotopic (exact) mass is 311 g/mol. The van der Waals surface area contributed by atoms with Crippen LogP contribution < -0.4 is 5.32 Å². The van der Waals surface area contributed by atoms with E-state index in [1.54, 1.807) is 22.6 Å². The highest BCUT2D eigenvalue weighted by molar-refractivity contribution is 7.89. The van der Waals surface area contributed by atoms with Crippen LogP contribution in [0.3, 0.4) is 0 Å². The average molecular weight is 311 g/mol. The number of hydrogen-bond acceptors (Lipinski definition) is 4. The van der Waals surface area contributed by atoms with Gasteiger partial charge in [-0.3, -0.25) is 0 Å². The molecule has 1 atom stereocenters. The normalized spacial score (nSPS) is 21.0. The first-order valence-electron chi connectivity index (χ1n) is 7.82. The van der Waals surface area contributed by atoms with Crippen molar-refractivity contribution in [3.8, 4) is 0 Å². The lowest BCUT2D eigenvalue weighted by atomic mass is 10.1. The second-order valence-corrected chi connectivity index (χ2v) is 7.27. The highest BCUT2D eigenvalue weighted by atomic mass is 32.2. The standard InChI is InChI=1S/C15H25N3O2S/c1-3-13-9-6-5-7-12-18(13)21(19,20)14-10-8-11-17-15(14)16-4-2/h8,10-11,13H,3-7,9,12H2,1-2H3,(H,16,17). The number of nitrogens with zero attached hydrogens (tertiary/aromatic N) is 2. The summed E-state index contributed by atoms with van der Waals surface area (Å²) in [7, 11) is -3.49. The molecule has 0 amide bonds. The van der Waals surface area contributed by atoms with Crippen molar-refractivity contribution in [2.24, 2.45) is 0 Å². The molecule has 0 aliphatic carbocycles. The van der Waals surface area contributed by atoms with E-state index in [2.05, 4.69) is 17.2 Å². The fourth-order valence-corrected chi connectivity index (χ4v) is 4.79. The van der Waals surface area contributed by atoms with Crippen LogP contribution in [-0.4, -0.2) is 36.8 Å². The molecular weight excluding hydrogens is 286 g/mol. The van der Waals surface area contributed by atoms with Gasteiger partial charge in [-0.2, -0.15) is 4.31 Å². The molecule has 1 aromatic rings. The summed E-state index contributed by atoms with van der Waals surface area (Å²) in [5, 5.41) is 3.05. The molecule has 118 valence electrons. The van der Waals surface area contributed by atoms with E-state index in [1.165, 1.54) is 0 Å². The van der Waals surface area contributed by atoms with Crippen molar-refractivity contribution in [3.05, 3.63) is 18.3 Å². The minimum Gasteiger partial charge on any atom is -0.369 e. The van der Waals surface area contributed by atoms with E-state index < -0.39 is 10.0 Å². The summed E-state index contributed by atoms with van der Waals surface area (Å²) < 4.78 is 27.8. The molecule has 0 bridgehead atoms. The first-order valence-corrected chi connectivity index (χ1v) is 9.26. The molecule has 2 heterocycles. The van der Waals surface area contributed by atoms with E-state index >= 15 is 0 Å². The summed E-state index contributed by atoms with van der Waals surface area (Å²) in [6.07, 6.45) is 6.58. The van der Waals surface area contributed by atoms with E-state index in [1.807, 2.05) is 6.92 Å². The summed E-state index contributed by atoms with van der Waals surface area (Å²) in [6.45, 7) is 5.26. The third-order valence-corrected chi connectivity index (χ3v) is 5.98. The molecule has 6 heteroatoms. The number of anilines is 1. The molecule has 0 aromatic carbocycles. The van der Waals surface area contributed by atoms with Crippen molar-refractivity contribution < 1.29 is 8.42 Å². The van der Waals surface area contributed by atoms with Crippen molar-refractivity contribution in [3.63, 3.8) is 0 Å². The van der Waals surface area contributed by atoms with Crippen LogP contribution in [0.2, 0.25) is 0 Å². The van der Waals surface area contributed by atoms with Gasteiger partial charge in [-0.1, -0.05) is 19.8 Å². The Labute approximate surface area is 127 Å². The molecule has 1 saturated heterocycles. The van der Waals surface area contributed by atoms with Crippen molar-refractivity contribution in [1.29, 1.82) is 0 Å². The Morgan fingerprint density at radius 2 is 2.14 bits per heavy atom. The number of hydrogen-bond donors (Lipinski definition) is 1. The second-order valence-electron chi connectivity index (χ2n) is 5.41. The van der Waals surface area contributed by atoms with Crippen LogP contribution in [0.25, 0.3) is 0 Å². The third kappa shape index (κ3) is 3.55. The average Bonchev–Trinajstić information content (AvgIpc) is 2.73. The van der Waals surface area contributed by atoms with E-state index in [0.717, 1.165) is 32.1 Å². The van der Waals surface area contributed by atoms with Crippen molar-refractivity contribution in [1.82, 2.24) is 9.29 Å². The molecule has 2 rings (SSSR count). The zero-order valence-corrected chi connectivity index (χ0v) is 13.7. The number of aromatic nitrogens is 1. The van der Waals surface area contributed by atoms with Crippen LogP contribution in [-0.2, 0) is 10.0 Å². The number of nitrogens with one attached hydrogen (secondary N) is 1. The van der Waals surface area contributed by atoms with Gasteiger partial charge >= 0.3 is 0 Å². The van der Waals surface area contributed by atoms with Crippen molar-refractivity contribution in [2.75, 3.05) is 18.4 Å². The van der Waals surface area contributed by atoms with Crippen LogP contribution in [0, 0.1) is 0 Å². The van der Waals surface area contributed by atoms with Gasteiger partial charge in [0.25, 0.3) is 0 Å². The van der Waals surface area contributed by atoms with Gasteiger partial charge in [0.1, 0.15) is 10.7 Å². The van der Waals surface area contributed by atoms with Crippen LogP contribution in [0.5, 0.6) is 0 Å². The Morgan fingerprint density at radius 1 is 1.33 bits per heavy atom. The van der Waals surface area contributed by atoms with Gasteiger partial charge in [0.2, 0.25) is 10.0 Å². The van der Waals surface area contributed by atoms with Crippen LogP contribution in [0.4, 0.5) is 5.82 Å². The van der Waals surface area contributed by atoms with Gasteiger partial charge in [0.15, 0.2) is 0 Å². The molecule has 0 radical (unpaired) electrons. The van der Waals surface area contributed by atoms with Crippen molar-refractivity contribution in [2.45, 2.75) is 56.9 Å². The van der Waals surface area contributed by atoms with Gasteiger partial charge in [0.05, 0.1) is 0 Å². The molecule has 0 spiro atoms. The maximum Gasteiger partial charge on any atom is 0.246 e. The highest BCUT2D eigenvalue weighted by Crippen LogP contribution is 2.29. The zero-order chi connectivity index (χ0) is 15.3. The largest absolute Gasteiger partial charge is 0.369 e. The topological polar surface area (TPSA) is 62.3 Å². The third-order valence-electron chi connectivity index (χ3n) is 4.00. The lowest BCUT2D eigenvalue weighted by Gasteiger charge is -2.28. The van der Waals surface area contributed by atoms with Crippen molar-refractivity contribution >= 4 is 15.8 Å². The molecular formula is C15H25N3O2S. The summed E-state index contributed by atoms with van der Waals surface area (Å²) in [4.78, 5) is 4.49. The van der Waals surface area contributed by atoms with E-state index in [4.69, 9.17) is 0 Å². The highest BCUT2D eigenvalue weighted by Gasteiger charge is 2.33. The number of sulfonamides is 1. The number of pyridine rings is 1. The summed E-state index contributed by atoms with van der Waals surface area (Å²) in [6, 6.07) is 3.44. The Hall–Kier alpha value is -1.14. The molecule has 1 aromatic heterocycles. The van der Waals surface area contributed by atoms with Gasteiger partial charge in [-0.25, -0.2) is 13.4 Å². The summed E-state index contributed by atoms with van der Waals surface area (Å²) in [5.41, 5.74) is 0. The van der Waals surface area contributed by atoms with E-state index in [9.17, 15) is 8.42 Å². The van der Waals surface area contributed by atoms with Crippen LogP contribution >= 0.6 is 0 Å². The molecule has 5 nitrogen and oxygen atoms in total. The minimum atomic E-state index is -3.49. The second kappa shape index (κ2) is 7.22. The molecule has 1 unspecified atom stereocenters. The predicted octanol–water partition coefficient (Wildman–Crippen LogP) is 2.86. The van der Waals surface area contributed by atoms with Crippen LogP contribution in [0.15, 0.2) is 23.2 Å². The smallest absolute Gasteiger partial charge is 0.246 e. The molecule has 1 aliphatic rings. The Morgan fingerprint density at radius 3 is 2.86 bits per heavy atom. The van der Waals surface area contributed by atoms with Gasteiger partial charge in [-0.05, 0) is 38.3 Å². The van der Waals surface area contributed by atoms with Gasteiger partial charge < -0.3 is 5.32 Å². The first-order chi connectivity index (χ1) is 10.1. The molecule has 1 N–H and O–H groups in total. The van der Waals surface area contributed by atoms with Gasteiger partial charge in [-0.15, -0.1) is 0 Å². The maximum absolute atomic E-state index is 13.1. The summed E-state index contributed by atoms with van der Waals surface area (Å²) >= 11 is 0. The fraction of sp³-hybridized carbons (Fsp3) is 0.667. The fourth-order valence-electron chi connectivity index (χ4n) is 2.90. The Bertz CT molecular complexity index is 560. The zero-order valence-electron chi connectivity index (χ0n) is 12.9. The summed E-state index contributed by atoms with van der Waals surface area (Å²) in [5.74, 6) is 0.458. The Balaban J connectivity index is 2.40. The maximum atomic E-state index is 13.1. The molecule has 1 aliphatic heterocycles. The molecule has 21 heavy (non-hydrogen) atoms. The van der Waals surface area contributed by atoms with Gasteiger partial charge in [0, 0.05) is 25.3 Å². The SMILES string of the molecule is CCNc1ncccc1S(=O)(=O)N1CCCCCC1CC. The van der Waals surface area contributed by atoms with Crippen LogP contribution in [0.1, 0.15) is 46.0 Å². The molecule has 1 fully saturated rings. The first kappa shape index (κ1) is 16.2. The van der Waals surface area contributed by atoms with E-state index in [0.29, 0.717) is 23.8 Å². The number of rotatable bonds is 5. The molecule has 0 saturated carbocycles. The quantitative estimate of drug-likeness (QED) is 0.908. The minimum absolute atomic E-state index is 0.104.